The van der Waals surface area contributed by atoms with E-state index < -0.39 is 16.8 Å². The molecule has 0 unspecified atom stereocenters. The monoisotopic (exact) mass is 521 g/mol. The van der Waals surface area contributed by atoms with Gasteiger partial charge < -0.3 is 10.1 Å². The standard InChI is InChI=1S/C26H23N3O5S2/c1-5-34-26(31)23-16(3)17(4)35-25(23)28-24(30)19(14-27)12-18-8-11-22(21(13-18)29(32)33)36-20-9-6-15(2)7-10-20/h6-13H,5H2,1-4H3,(H,28,30)/b19-12-. The maximum absolute atomic E-state index is 12.9. The van der Waals surface area contributed by atoms with Crippen LogP contribution in [-0.2, 0) is 9.53 Å². The van der Waals surface area contributed by atoms with Crippen molar-refractivity contribution in [2.24, 2.45) is 0 Å². The van der Waals surface area contributed by atoms with Crippen LogP contribution in [-0.4, -0.2) is 23.4 Å². The van der Waals surface area contributed by atoms with Gasteiger partial charge >= 0.3 is 5.97 Å². The fourth-order valence-electron chi connectivity index (χ4n) is 3.24. The van der Waals surface area contributed by atoms with Gasteiger partial charge in [0.15, 0.2) is 0 Å². The minimum atomic E-state index is -0.731. The molecule has 0 saturated heterocycles. The first-order valence-corrected chi connectivity index (χ1v) is 12.5. The molecule has 0 spiro atoms. The lowest BCUT2D eigenvalue weighted by atomic mass is 10.1. The Hall–Kier alpha value is -3.94. The summed E-state index contributed by atoms with van der Waals surface area (Å²) in [7, 11) is 0. The van der Waals surface area contributed by atoms with Crippen molar-refractivity contribution in [1.82, 2.24) is 0 Å². The van der Waals surface area contributed by atoms with E-state index in [0.29, 0.717) is 16.0 Å². The van der Waals surface area contributed by atoms with Crippen molar-refractivity contribution in [2.45, 2.75) is 37.5 Å². The van der Waals surface area contributed by atoms with Crippen LogP contribution in [0.15, 0.2) is 57.8 Å². The molecule has 3 rings (SSSR count). The van der Waals surface area contributed by atoms with Crippen molar-refractivity contribution in [1.29, 1.82) is 5.26 Å². The first kappa shape index (κ1) is 26.7. The molecule has 2 aromatic carbocycles. The van der Waals surface area contributed by atoms with Crippen molar-refractivity contribution < 1.29 is 19.2 Å². The molecule has 36 heavy (non-hydrogen) atoms. The van der Waals surface area contributed by atoms with E-state index in [1.807, 2.05) is 44.2 Å². The van der Waals surface area contributed by atoms with Crippen molar-refractivity contribution in [3.8, 4) is 6.07 Å². The van der Waals surface area contributed by atoms with E-state index in [-0.39, 0.29) is 28.4 Å². The lowest BCUT2D eigenvalue weighted by Crippen LogP contribution is -2.16. The Bertz CT molecular complexity index is 1400. The molecule has 0 aliphatic heterocycles. The van der Waals surface area contributed by atoms with Crippen LogP contribution in [0, 0.1) is 42.2 Å². The summed E-state index contributed by atoms with van der Waals surface area (Å²) < 4.78 is 5.09. The highest BCUT2D eigenvalue weighted by molar-refractivity contribution is 7.99. The van der Waals surface area contributed by atoms with Crippen molar-refractivity contribution >= 4 is 51.7 Å². The van der Waals surface area contributed by atoms with Gasteiger partial charge in [0.2, 0.25) is 0 Å². The van der Waals surface area contributed by atoms with Crippen LogP contribution in [0.25, 0.3) is 6.08 Å². The molecule has 1 amide bonds. The van der Waals surface area contributed by atoms with Gasteiger partial charge in [-0.2, -0.15) is 5.26 Å². The average molecular weight is 522 g/mol. The molecule has 1 aromatic heterocycles. The number of rotatable bonds is 8. The first-order valence-electron chi connectivity index (χ1n) is 10.9. The molecule has 0 aliphatic carbocycles. The number of nitrogens with zero attached hydrogens (tertiary/aromatic N) is 2. The number of nitriles is 1. The minimum Gasteiger partial charge on any atom is -0.462 e. The molecule has 0 atom stereocenters. The Morgan fingerprint density at radius 2 is 1.89 bits per heavy atom. The predicted octanol–water partition coefficient (Wildman–Crippen LogP) is 6.46. The third-order valence-electron chi connectivity index (χ3n) is 5.20. The molecule has 10 heteroatoms. The summed E-state index contributed by atoms with van der Waals surface area (Å²) >= 11 is 2.46. The highest BCUT2D eigenvalue weighted by Crippen LogP contribution is 2.36. The second-order valence-corrected chi connectivity index (χ2v) is 10.1. The number of ether oxygens (including phenoxy) is 1. The summed E-state index contributed by atoms with van der Waals surface area (Å²) in [4.78, 5) is 38.6. The molecule has 1 N–H and O–H groups in total. The number of nitro groups is 1. The van der Waals surface area contributed by atoms with Gasteiger partial charge in [-0.05, 0) is 63.1 Å². The zero-order chi connectivity index (χ0) is 26.4. The number of aryl methyl sites for hydroxylation is 2. The lowest BCUT2D eigenvalue weighted by molar-refractivity contribution is -0.387. The van der Waals surface area contributed by atoms with Crippen molar-refractivity contribution in [3.05, 3.63) is 85.3 Å². The average Bonchev–Trinajstić information content (AvgIpc) is 3.12. The fraction of sp³-hybridized carbons (Fsp3) is 0.192. The van der Waals surface area contributed by atoms with Gasteiger partial charge in [0.1, 0.15) is 16.6 Å². The molecule has 0 aliphatic rings. The Kier molecular flexibility index (Phi) is 8.64. The lowest BCUT2D eigenvalue weighted by Gasteiger charge is -2.07. The van der Waals surface area contributed by atoms with Gasteiger partial charge in [-0.15, -0.1) is 11.3 Å². The summed E-state index contributed by atoms with van der Waals surface area (Å²) in [6, 6.07) is 14.0. The molecule has 1 heterocycles. The minimum absolute atomic E-state index is 0.138. The quantitative estimate of drug-likeness (QED) is 0.119. The molecular weight excluding hydrogens is 498 g/mol. The number of amides is 1. The van der Waals surface area contributed by atoms with Crippen LogP contribution in [0.4, 0.5) is 10.7 Å². The van der Waals surface area contributed by atoms with E-state index in [4.69, 9.17) is 4.74 Å². The second-order valence-electron chi connectivity index (χ2n) is 7.73. The normalized spacial score (nSPS) is 11.0. The molecule has 0 bridgehead atoms. The maximum Gasteiger partial charge on any atom is 0.341 e. The Balaban J connectivity index is 1.89. The Morgan fingerprint density at radius 3 is 2.50 bits per heavy atom. The van der Waals surface area contributed by atoms with Crippen molar-refractivity contribution in [2.75, 3.05) is 11.9 Å². The number of hydrogen-bond donors (Lipinski definition) is 1. The van der Waals surface area contributed by atoms with Crippen LogP contribution in [0.2, 0.25) is 0 Å². The maximum atomic E-state index is 12.9. The van der Waals surface area contributed by atoms with Gasteiger partial charge in [-0.1, -0.05) is 35.5 Å². The molecule has 0 saturated carbocycles. The summed E-state index contributed by atoms with van der Waals surface area (Å²) in [6.07, 6.45) is 1.28. The summed E-state index contributed by atoms with van der Waals surface area (Å²) in [5.74, 6) is -1.29. The van der Waals surface area contributed by atoms with Gasteiger partial charge in [0, 0.05) is 15.8 Å². The number of nitro benzene ring substituents is 1. The third-order valence-corrected chi connectivity index (χ3v) is 7.39. The largest absolute Gasteiger partial charge is 0.462 e. The van der Waals surface area contributed by atoms with Crippen LogP contribution in [0.3, 0.4) is 0 Å². The molecule has 3 aromatic rings. The molecule has 8 nitrogen and oxygen atoms in total. The number of benzene rings is 2. The number of anilines is 1. The van der Waals surface area contributed by atoms with Gasteiger partial charge in [0.25, 0.3) is 11.6 Å². The number of hydrogen-bond acceptors (Lipinski definition) is 8. The van der Waals surface area contributed by atoms with Gasteiger partial charge in [-0.3, -0.25) is 14.9 Å². The molecule has 184 valence electrons. The Labute approximate surface area is 216 Å². The van der Waals surface area contributed by atoms with E-state index in [1.54, 1.807) is 26.0 Å². The van der Waals surface area contributed by atoms with E-state index in [9.17, 15) is 25.0 Å². The second kappa shape index (κ2) is 11.7. The summed E-state index contributed by atoms with van der Waals surface area (Å²) in [5.41, 5.74) is 1.94. The number of esters is 1. The predicted molar refractivity (Wildman–Crippen MR) is 140 cm³/mol. The SMILES string of the molecule is CCOC(=O)c1c(NC(=O)/C(C#N)=C\c2ccc(Sc3ccc(C)cc3)c([N+](=O)[O-])c2)sc(C)c1C. The fourth-order valence-corrected chi connectivity index (χ4v) is 5.18. The smallest absolute Gasteiger partial charge is 0.341 e. The van der Waals surface area contributed by atoms with Crippen molar-refractivity contribution in [3.63, 3.8) is 0 Å². The van der Waals surface area contributed by atoms with E-state index in [1.165, 1.54) is 35.2 Å². The van der Waals surface area contributed by atoms with Crippen LogP contribution < -0.4 is 5.32 Å². The van der Waals surface area contributed by atoms with E-state index in [0.717, 1.165) is 15.3 Å². The highest BCUT2D eigenvalue weighted by Gasteiger charge is 2.23. The summed E-state index contributed by atoms with van der Waals surface area (Å²) in [6.45, 7) is 7.39. The van der Waals surface area contributed by atoms with Gasteiger partial charge in [-0.25, -0.2) is 4.79 Å². The molecular formula is C26H23N3O5S2. The topological polar surface area (TPSA) is 122 Å². The van der Waals surface area contributed by atoms with E-state index >= 15 is 0 Å². The third kappa shape index (κ3) is 6.19. The molecule has 0 fully saturated rings. The summed E-state index contributed by atoms with van der Waals surface area (Å²) in [5, 5.41) is 24.2. The Morgan fingerprint density at radius 1 is 1.19 bits per heavy atom. The van der Waals surface area contributed by atoms with Crippen LogP contribution >= 0.6 is 23.1 Å². The van der Waals surface area contributed by atoms with E-state index in [2.05, 4.69) is 5.32 Å². The van der Waals surface area contributed by atoms with Gasteiger partial charge in [0.05, 0.1) is 22.0 Å². The number of carbonyl (C=O) groups excluding carboxylic acids is 2. The zero-order valence-corrected chi connectivity index (χ0v) is 21.7. The number of carbonyl (C=O) groups is 2. The van der Waals surface area contributed by atoms with Crippen LogP contribution in [0.5, 0.6) is 0 Å². The number of thiophene rings is 1. The van der Waals surface area contributed by atoms with Crippen LogP contribution in [0.1, 0.15) is 38.8 Å². The number of nitrogens with one attached hydrogen (secondary N) is 1. The first-order chi connectivity index (χ1) is 17.1. The highest BCUT2D eigenvalue weighted by atomic mass is 32.2. The zero-order valence-electron chi connectivity index (χ0n) is 20.1. The molecule has 0 radical (unpaired) electrons.